The predicted molar refractivity (Wildman–Crippen MR) is 110 cm³/mol. The first kappa shape index (κ1) is 19.2. The Balaban J connectivity index is 1.40. The molecule has 0 saturated carbocycles. The van der Waals surface area contributed by atoms with E-state index >= 15 is 0 Å². The Morgan fingerprint density at radius 3 is 2.52 bits per heavy atom. The Kier molecular flexibility index (Phi) is 5.32. The number of nitrogens with one attached hydrogen (secondary N) is 3. The zero-order valence-corrected chi connectivity index (χ0v) is 16.5. The minimum atomic E-state index is -0.499. The van der Waals surface area contributed by atoms with Crippen molar-refractivity contribution in [1.29, 1.82) is 0 Å². The summed E-state index contributed by atoms with van der Waals surface area (Å²) in [6.07, 6.45) is 0. The highest BCUT2D eigenvalue weighted by Gasteiger charge is 2.18. The maximum Gasteiger partial charge on any atom is 0.279 e. The van der Waals surface area contributed by atoms with E-state index < -0.39 is 11.8 Å². The molecule has 4 rings (SSSR count). The van der Waals surface area contributed by atoms with Crippen molar-refractivity contribution in [2.24, 2.45) is 0 Å². The molecular weight excluding hydrogens is 413 g/mol. The molecular formula is C20H14FN3O3S2. The minimum Gasteiger partial charge on any atom is -0.324 e. The fourth-order valence-corrected chi connectivity index (χ4v) is 4.40. The molecule has 0 aliphatic carbocycles. The fourth-order valence-electron chi connectivity index (χ4n) is 2.70. The molecule has 3 amide bonds. The average Bonchev–Trinajstić information content (AvgIpc) is 3.22. The van der Waals surface area contributed by atoms with Crippen molar-refractivity contribution in [3.05, 3.63) is 70.9 Å². The van der Waals surface area contributed by atoms with Crippen molar-refractivity contribution in [2.75, 3.05) is 11.1 Å². The van der Waals surface area contributed by atoms with Gasteiger partial charge in [-0.25, -0.2) is 4.39 Å². The number of halogens is 1. The summed E-state index contributed by atoms with van der Waals surface area (Å²) in [6, 6.07) is 14.3. The highest BCUT2D eigenvalue weighted by Crippen LogP contribution is 2.32. The van der Waals surface area contributed by atoms with Gasteiger partial charge in [0.25, 0.3) is 11.8 Å². The van der Waals surface area contributed by atoms with Crippen LogP contribution in [0.1, 0.15) is 20.0 Å². The molecule has 0 atom stereocenters. The molecule has 1 aromatic heterocycles. The number of thioether (sulfide) groups is 1. The molecule has 0 unspecified atom stereocenters. The molecule has 0 bridgehead atoms. The quantitative estimate of drug-likeness (QED) is 0.557. The van der Waals surface area contributed by atoms with Crippen LogP contribution in [0.25, 0.3) is 10.4 Å². The summed E-state index contributed by atoms with van der Waals surface area (Å²) in [5.41, 5.74) is 6.44. The molecule has 0 spiro atoms. The summed E-state index contributed by atoms with van der Waals surface area (Å²) in [4.78, 5) is 38.2. The van der Waals surface area contributed by atoms with Crippen LogP contribution < -0.4 is 16.2 Å². The van der Waals surface area contributed by atoms with Crippen LogP contribution >= 0.6 is 23.1 Å². The van der Waals surface area contributed by atoms with E-state index in [0.29, 0.717) is 21.9 Å². The summed E-state index contributed by atoms with van der Waals surface area (Å²) in [5.74, 6) is -1.07. The molecule has 146 valence electrons. The number of rotatable bonds is 3. The first-order valence-electron chi connectivity index (χ1n) is 8.53. The van der Waals surface area contributed by atoms with Crippen LogP contribution in [0.15, 0.2) is 59.5 Å². The van der Waals surface area contributed by atoms with Gasteiger partial charge in [0, 0.05) is 15.3 Å². The average molecular weight is 427 g/mol. The smallest absolute Gasteiger partial charge is 0.279 e. The van der Waals surface area contributed by atoms with E-state index in [0.717, 1.165) is 15.3 Å². The third-order valence-corrected chi connectivity index (χ3v) is 6.33. The predicted octanol–water partition coefficient (Wildman–Crippen LogP) is 3.67. The summed E-state index contributed by atoms with van der Waals surface area (Å²) in [6.45, 7) is 0. The first-order valence-corrected chi connectivity index (χ1v) is 10.3. The van der Waals surface area contributed by atoms with Crippen LogP contribution in [0, 0.1) is 5.82 Å². The van der Waals surface area contributed by atoms with Gasteiger partial charge in [-0.2, -0.15) is 0 Å². The van der Waals surface area contributed by atoms with Gasteiger partial charge in [0.1, 0.15) is 5.82 Å². The van der Waals surface area contributed by atoms with Crippen LogP contribution in [0.5, 0.6) is 0 Å². The molecule has 1 aliphatic heterocycles. The Morgan fingerprint density at radius 1 is 0.966 bits per heavy atom. The van der Waals surface area contributed by atoms with Gasteiger partial charge in [-0.3, -0.25) is 25.2 Å². The van der Waals surface area contributed by atoms with E-state index in [4.69, 9.17) is 0 Å². The van der Waals surface area contributed by atoms with Gasteiger partial charge in [0.2, 0.25) is 5.91 Å². The summed E-state index contributed by atoms with van der Waals surface area (Å²) in [7, 11) is 0. The zero-order chi connectivity index (χ0) is 20.4. The fraction of sp³-hybridized carbons (Fsp3) is 0.0500. The van der Waals surface area contributed by atoms with Gasteiger partial charge in [-0.05, 0) is 48.0 Å². The molecule has 9 heteroatoms. The SMILES string of the molecule is O=C1CSc2ccc(C(=O)NNC(=O)c3ccc(-c4ccc(F)cc4)s3)cc2N1. The van der Waals surface area contributed by atoms with Gasteiger partial charge in [0.15, 0.2) is 0 Å². The highest BCUT2D eigenvalue weighted by atomic mass is 32.2. The summed E-state index contributed by atoms with van der Waals surface area (Å²) in [5, 5.41) is 2.72. The Labute approximate surface area is 173 Å². The van der Waals surface area contributed by atoms with E-state index in [-0.39, 0.29) is 11.7 Å². The lowest BCUT2D eigenvalue weighted by Crippen LogP contribution is -2.41. The second-order valence-electron chi connectivity index (χ2n) is 6.13. The number of carbonyl (C=O) groups excluding carboxylic acids is 3. The Morgan fingerprint density at radius 2 is 1.72 bits per heavy atom. The second-order valence-corrected chi connectivity index (χ2v) is 8.23. The summed E-state index contributed by atoms with van der Waals surface area (Å²) < 4.78 is 13.0. The number of hydrazine groups is 1. The molecule has 0 saturated heterocycles. The lowest BCUT2D eigenvalue weighted by atomic mass is 10.2. The van der Waals surface area contributed by atoms with E-state index in [1.807, 2.05) is 0 Å². The number of fused-ring (bicyclic) bond motifs is 1. The topological polar surface area (TPSA) is 87.3 Å². The molecule has 0 fully saturated rings. The van der Waals surface area contributed by atoms with Crippen LogP contribution in [0.3, 0.4) is 0 Å². The maximum absolute atomic E-state index is 13.0. The minimum absolute atomic E-state index is 0.122. The lowest BCUT2D eigenvalue weighted by Gasteiger charge is -2.17. The van der Waals surface area contributed by atoms with Gasteiger partial charge in [0.05, 0.1) is 16.3 Å². The zero-order valence-electron chi connectivity index (χ0n) is 14.8. The monoisotopic (exact) mass is 427 g/mol. The third-order valence-electron chi connectivity index (χ3n) is 4.12. The molecule has 2 aromatic carbocycles. The number of amides is 3. The number of hydrogen-bond acceptors (Lipinski definition) is 5. The normalized spacial score (nSPS) is 12.7. The van der Waals surface area contributed by atoms with Gasteiger partial charge in [-0.1, -0.05) is 12.1 Å². The standard InChI is InChI=1S/C20H14FN3O3S2/c21-13-4-1-11(2-5-13)15-7-8-17(29-15)20(27)24-23-19(26)12-3-6-16-14(9-12)22-18(25)10-28-16/h1-9H,10H2,(H,22,25)(H,23,26)(H,24,27). The maximum atomic E-state index is 13.0. The number of anilines is 1. The van der Waals surface area contributed by atoms with Crippen molar-refractivity contribution in [1.82, 2.24) is 10.9 Å². The number of benzene rings is 2. The van der Waals surface area contributed by atoms with Crippen molar-refractivity contribution in [3.63, 3.8) is 0 Å². The van der Waals surface area contributed by atoms with E-state index in [1.165, 1.54) is 35.2 Å². The number of carbonyl (C=O) groups is 3. The largest absolute Gasteiger partial charge is 0.324 e. The van der Waals surface area contributed by atoms with Gasteiger partial charge in [-0.15, -0.1) is 23.1 Å². The van der Waals surface area contributed by atoms with Crippen molar-refractivity contribution in [2.45, 2.75) is 4.90 Å². The third kappa shape index (κ3) is 4.30. The number of thiophene rings is 1. The van der Waals surface area contributed by atoms with Crippen molar-refractivity contribution >= 4 is 46.5 Å². The second kappa shape index (κ2) is 8.06. The lowest BCUT2D eigenvalue weighted by molar-refractivity contribution is -0.113. The Hall–Kier alpha value is -3.17. The van der Waals surface area contributed by atoms with Gasteiger partial charge >= 0.3 is 0 Å². The van der Waals surface area contributed by atoms with Crippen molar-refractivity contribution in [3.8, 4) is 10.4 Å². The van der Waals surface area contributed by atoms with Gasteiger partial charge < -0.3 is 5.32 Å². The van der Waals surface area contributed by atoms with Crippen LogP contribution in [-0.4, -0.2) is 23.5 Å². The summed E-state index contributed by atoms with van der Waals surface area (Å²) >= 11 is 2.63. The van der Waals surface area contributed by atoms with E-state index in [9.17, 15) is 18.8 Å². The van der Waals surface area contributed by atoms with Crippen LogP contribution in [0.2, 0.25) is 0 Å². The van der Waals surface area contributed by atoms with E-state index in [2.05, 4.69) is 16.2 Å². The Bertz CT molecular complexity index is 1110. The van der Waals surface area contributed by atoms with E-state index in [1.54, 1.807) is 42.5 Å². The molecule has 3 aromatic rings. The molecule has 3 N–H and O–H groups in total. The van der Waals surface area contributed by atoms with Crippen LogP contribution in [0.4, 0.5) is 10.1 Å². The molecule has 1 aliphatic rings. The molecule has 2 heterocycles. The van der Waals surface area contributed by atoms with Crippen molar-refractivity contribution < 1.29 is 18.8 Å². The first-order chi connectivity index (χ1) is 14.0. The molecule has 6 nitrogen and oxygen atoms in total. The molecule has 29 heavy (non-hydrogen) atoms. The van der Waals surface area contributed by atoms with Crippen LogP contribution in [-0.2, 0) is 4.79 Å². The molecule has 0 radical (unpaired) electrons. The number of hydrogen-bond donors (Lipinski definition) is 3. The highest BCUT2D eigenvalue weighted by molar-refractivity contribution is 8.00.